The van der Waals surface area contributed by atoms with Crippen molar-refractivity contribution in [3.8, 4) is 0 Å². The molecule has 0 heterocycles. The Hall–Kier alpha value is -1.83. The Balaban J connectivity index is 1.50. The molecule has 0 aliphatic heterocycles. The van der Waals surface area contributed by atoms with Gasteiger partial charge < -0.3 is 4.74 Å². The van der Waals surface area contributed by atoms with Crippen LogP contribution < -0.4 is 0 Å². The van der Waals surface area contributed by atoms with Gasteiger partial charge in [0, 0.05) is 0 Å². The average Bonchev–Trinajstić information content (AvgIpc) is 3.39. The molecular formula is C30H44O2. The Morgan fingerprint density at radius 3 is 2.38 bits per heavy atom. The molecule has 2 heteroatoms. The molecule has 176 valence electrons. The molecule has 0 N–H and O–H groups in total. The van der Waals surface area contributed by atoms with Crippen LogP contribution in [-0.4, -0.2) is 12.6 Å². The third-order valence-electron chi connectivity index (χ3n) is 8.26. The first-order valence-corrected chi connectivity index (χ1v) is 12.9. The van der Waals surface area contributed by atoms with Crippen LogP contribution in [0.25, 0.3) is 6.08 Å². The lowest BCUT2D eigenvalue weighted by atomic mass is 9.63. The van der Waals surface area contributed by atoms with Gasteiger partial charge in [-0.3, -0.25) is 0 Å². The SMILES string of the molecule is CCCCCCCCOC(=O)c1ccc(/C=C(C)/C=C/C23CC2(C)CCCC3(C)C)cc1. The summed E-state index contributed by atoms with van der Waals surface area (Å²) >= 11 is 0. The Bertz CT molecular complexity index is 829. The van der Waals surface area contributed by atoms with Gasteiger partial charge in [-0.05, 0) is 66.5 Å². The first-order valence-electron chi connectivity index (χ1n) is 12.9. The maximum absolute atomic E-state index is 12.3. The minimum atomic E-state index is -0.211. The fourth-order valence-corrected chi connectivity index (χ4v) is 6.00. The van der Waals surface area contributed by atoms with E-state index in [2.05, 4.69) is 52.8 Å². The van der Waals surface area contributed by atoms with Gasteiger partial charge in [-0.25, -0.2) is 4.79 Å². The number of hydrogen-bond acceptors (Lipinski definition) is 2. The monoisotopic (exact) mass is 436 g/mol. The molecule has 2 fully saturated rings. The van der Waals surface area contributed by atoms with Crippen molar-refractivity contribution in [3.05, 3.63) is 53.1 Å². The van der Waals surface area contributed by atoms with Gasteiger partial charge in [0.2, 0.25) is 0 Å². The molecule has 3 rings (SSSR count). The predicted octanol–water partition coefficient (Wildman–Crippen LogP) is 8.77. The van der Waals surface area contributed by atoms with Gasteiger partial charge in [-0.15, -0.1) is 0 Å². The molecular weight excluding hydrogens is 392 g/mol. The third kappa shape index (κ3) is 5.56. The molecule has 2 saturated carbocycles. The third-order valence-corrected chi connectivity index (χ3v) is 8.26. The molecule has 1 aromatic carbocycles. The summed E-state index contributed by atoms with van der Waals surface area (Å²) in [6.45, 7) is 12.3. The van der Waals surface area contributed by atoms with Crippen LogP contribution in [-0.2, 0) is 4.74 Å². The number of fused-ring (bicyclic) bond motifs is 1. The van der Waals surface area contributed by atoms with Crippen LogP contribution in [0.5, 0.6) is 0 Å². The first kappa shape index (κ1) is 24.8. The highest BCUT2D eigenvalue weighted by atomic mass is 16.5. The van der Waals surface area contributed by atoms with E-state index in [1.165, 1.54) is 56.9 Å². The standard InChI is InChI=1S/C30H44O2/c1-6-7-8-9-10-11-21-32-27(31)26-15-13-25(14-16-26)22-24(2)17-20-30-23-29(30,5)19-12-18-28(30,3)4/h13-17,20,22H,6-12,18-19,21,23H2,1-5H3/b20-17+,24-22+. The van der Waals surface area contributed by atoms with E-state index in [1.807, 2.05) is 24.3 Å². The van der Waals surface area contributed by atoms with Crippen molar-refractivity contribution in [2.45, 2.75) is 98.8 Å². The highest BCUT2D eigenvalue weighted by Gasteiger charge is 2.69. The van der Waals surface area contributed by atoms with E-state index in [9.17, 15) is 4.79 Å². The second kappa shape index (κ2) is 10.4. The molecule has 32 heavy (non-hydrogen) atoms. The molecule has 0 spiro atoms. The molecule has 0 bridgehead atoms. The summed E-state index contributed by atoms with van der Waals surface area (Å²) in [7, 11) is 0. The fraction of sp³-hybridized carbons (Fsp3) is 0.633. The van der Waals surface area contributed by atoms with Crippen LogP contribution >= 0.6 is 0 Å². The fourth-order valence-electron chi connectivity index (χ4n) is 6.00. The number of unbranched alkanes of at least 4 members (excludes halogenated alkanes) is 5. The molecule has 2 aliphatic rings. The highest BCUT2D eigenvalue weighted by Crippen LogP contribution is 2.78. The number of allylic oxidation sites excluding steroid dienone is 3. The molecule has 0 aromatic heterocycles. The van der Waals surface area contributed by atoms with Crippen molar-refractivity contribution in [1.29, 1.82) is 0 Å². The molecule has 1 aromatic rings. The number of carbonyl (C=O) groups excluding carboxylic acids is 1. The molecule has 0 radical (unpaired) electrons. The number of rotatable bonds is 11. The number of esters is 1. The summed E-state index contributed by atoms with van der Waals surface area (Å²) in [4.78, 5) is 12.3. The van der Waals surface area contributed by atoms with Gasteiger partial charge in [-0.1, -0.05) is 102 Å². The van der Waals surface area contributed by atoms with Crippen molar-refractivity contribution < 1.29 is 9.53 Å². The van der Waals surface area contributed by atoms with Crippen LogP contribution in [0.3, 0.4) is 0 Å². The van der Waals surface area contributed by atoms with E-state index in [4.69, 9.17) is 4.74 Å². The summed E-state index contributed by atoms with van der Waals surface area (Å²) in [6, 6.07) is 7.80. The van der Waals surface area contributed by atoms with Crippen molar-refractivity contribution in [3.63, 3.8) is 0 Å². The van der Waals surface area contributed by atoms with E-state index >= 15 is 0 Å². The molecule has 2 unspecified atom stereocenters. The number of ether oxygens (including phenoxy) is 1. The van der Waals surface area contributed by atoms with Gasteiger partial charge in [0.25, 0.3) is 0 Å². The van der Waals surface area contributed by atoms with E-state index in [1.54, 1.807) is 0 Å². The molecule has 2 aliphatic carbocycles. The van der Waals surface area contributed by atoms with Gasteiger partial charge >= 0.3 is 5.97 Å². The second-order valence-electron chi connectivity index (χ2n) is 11.2. The van der Waals surface area contributed by atoms with Crippen molar-refractivity contribution >= 4 is 12.0 Å². The lowest BCUT2D eigenvalue weighted by Crippen LogP contribution is -2.32. The number of benzene rings is 1. The number of hydrogen-bond donors (Lipinski definition) is 0. The minimum absolute atomic E-state index is 0.211. The zero-order valence-corrected chi connectivity index (χ0v) is 21.1. The topological polar surface area (TPSA) is 26.3 Å². The van der Waals surface area contributed by atoms with E-state index < -0.39 is 0 Å². The van der Waals surface area contributed by atoms with Crippen molar-refractivity contribution in [2.75, 3.05) is 6.61 Å². The van der Waals surface area contributed by atoms with Crippen LogP contribution in [0, 0.1) is 16.2 Å². The van der Waals surface area contributed by atoms with E-state index in [0.29, 0.717) is 28.4 Å². The van der Waals surface area contributed by atoms with Crippen LogP contribution in [0.2, 0.25) is 0 Å². The van der Waals surface area contributed by atoms with Gasteiger partial charge in [0.15, 0.2) is 0 Å². The molecule has 0 amide bonds. The zero-order valence-electron chi connectivity index (χ0n) is 21.1. The number of carbonyl (C=O) groups is 1. The van der Waals surface area contributed by atoms with Crippen LogP contribution in [0.4, 0.5) is 0 Å². The normalized spacial score (nSPS) is 26.7. The Labute approximate surface area is 196 Å². The zero-order chi connectivity index (χ0) is 23.2. The predicted molar refractivity (Wildman–Crippen MR) is 136 cm³/mol. The summed E-state index contributed by atoms with van der Waals surface area (Å²) in [5, 5.41) is 0. The second-order valence-corrected chi connectivity index (χ2v) is 11.2. The average molecular weight is 437 g/mol. The Kier molecular flexibility index (Phi) is 8.06. The van der Waals surface area contributed by atoms with E-state index in [-0.39, 0.29) is 5.97 Å². The van der Waals surface area contributed by atoms with E-state index in [0.717, 1.165) is 18.4 Å². The van der Waals surface area contributed by atoms with Crippen molar-refractivity contribution in [2.24, 2.45) is 16.2 Å². The van der Waals surface area contributed by atoms with Gasteiger partial charge in [0.05, 0.1) is 12.2 Å². The largest absolute Gasteiger partial charge is 0.462 e. The Morgan fingerprint density at radius 1 is 1.00 bits per heavy atom. The van der Waals surface area contributed by atoms with Crippen LogP contribution in [0.15, 0.2) is 42.0 Å². The first-order chi connectivity index (χ1) is 15.2. The lowest BCUT2D eigenvalue weighted by molar-refractivity contribution is 0.0497. The smallest absolute Gasteiger partial charge is 0.338 e. The quantitative estimate of drug-likeness (QED) is 0.197. The summed E-state index contributed by atoms with van der Waals surface area (Å²) in [5.41, 5.74) is 4.25. The molecule has 2 atom stereocenters. The van der Waals surface area contributed by atoms with Gasteiger partial charge in [-0.2, -0.15) is 0 Å². The summed E-state index contributed by atoms with van der Waals surface area (Å²) in [6.07, 6.45) is 19.6. The molecule has 0 saturated heterocycles. The van der Waals surface area contributed by atoms with Gasteiger partial charge in [0.1, 0.15) is 0 Å². The highest BCUT2D eigenvalue weighted by molar-refractivity contribution is 5.89. The minimum Gasteiger partial charge on any atom is -0.462 e. The molecule has 2 nitrogen and oxygen atoms in total. The van der Waals surface area contributed by atoms with Crippen molar-refractivity contribution in [1.82, 2.24) is 0 Å². The Morgan fingerprint density at radius 2 is 1.69 bits per heavy atom. The maximum atomic E-state index is 12.3. The summed E-state index contributed by atoms with van der Waals surface area (Å²) < 4.78 is 5.44. The van der Waals surface area contributed by atoms with Crippen LogP contribution in [0.1, 0.15) is 115 Å². The summed E-state index contributed by atoms with van der Waals surface area (Å²) in [5.74, 6) is -0.211. The lowest BCUT2D eigenvalue weighted by Gasteiger charge is -2.41. The maximum Gasteiger partial charge on any atom is 0.338 e.